The van der Waals surface area contributed by atoms with Crippen LogP contribution in [0.15, 0.2) is 24.3 Å². The average molecular weight is 228 g/mol. The van der Waals surface area contributed by atoms with Crippen LogP contribution in [0.4, 0.5) is 0 Å². The summed E-state index contributed by atoms with van der Waals surface area (Å²) in [6.45, 7) is 4.24. The average Bonchev–Trinajstić information content (AvgIpc) is 1.92. The van der Waals surface area contributed by atoms with Gasteiger partial charge in [0.15, 0.2) is 0 Å². The molecule has 1 aromatic carbocycles. The van der Waals surface area contributed by atoms with Crippen LogP contribution in [0.3, 0.4) is 0 Å². The maximum absolute atomic E-state index is 8.88. The van der Waals surface area contributed by atoms with E-state index in [4.69, 9.17) is 19.2 Å². The molecule has 0 bridgehead atoms. The summed E-state index contributed by atoms with van der Waals surface area (Å²) < 4.78 is 8.88. The summed E-state index contributed by atoms with van der Waals surface area (Å²) in [5, 5.41) is 0. The Balaban J connectivity index is 0. The second-order valence-corrected chi connectivity index (χ2v) is 3.62. The van der Waals surface area contributed by atoms with Crippen LogP contribution in [0.2, 0.25) is 0 Å². The van der Waals surface area contributed by atoms with Gasteiger partial charge in [0.05, 0.1) is 0 Å². The fourth-order valence-electron chi connectivity index (χ4n) is 0.663. The van der Waals surface area contributed by atoms with Crippen molar-refractivity contribution >= 4 is 37.4 Å². The molecule has 0 aliphatic heterocycles. The third-order valence-electron chi connectivity index (χ3n) is 1.43. The molecule has 0 spiro atoms. The van der Waals surface area contributed by atoms with E-state index in [1.165, 1.54) is 11.1 Å². The first-order valence-corrected chi connectivity index (χ1v) is 5.18. The SMILES string of the molecule is Cc1ccccc1C.O=P(O)(O)O.[NaH]. The van der Waals surface area contributed by atoms with Gasteiger partial charge in [0.1, 0.15) is 0 Å². The van der Waals surface area contributed by atoms with E-state index >= 15 is 0 Å². The van der Waals surface area contributed by atoms with Crippen molar-refractivity contribution in [2.45, 2.75) is 13.8 Å². The van der Waals surface area contributed by atoms with Crippen molar-refractivity contribution in [3.05, 3.63) is 35.4 Å². The standard InChI is InChI=1S/C8H10.Na.H3O4P.H/c1-7-5-3-4-6-8(7)2;;1-5(2,3)4;/h3-6H,1-2H3;;(H3,1,2,3,4);. The van der Waals surface area contributed by atoms with Crippen LogP contribution in [0.5, 0.6) is 0 Å². The van der Waals surface area contributed by atoms with Crippen LogP contribution in [0, 0.1) is 13.8 Å². The fraction of sp³-hybridized carbons (Fsp3) is 0.250. The predicted octanol–water partition coefficient (Wildman–Crippen LogP) is 0.726. The molecule has 0 saturated carbocycles. The minimum atomic E-state index is -4.64. The normalized spacial score (nSPS) is 9.50. The van der Waals surface area contributed by atoms with Crippen LogP contribution in [0.1, 0.15) is 11.1 Å². The van der Waals surface area contributed by atoms with E-state index in [2.05, 4.69) is 38.1 Å². The van der Waals surface area contributed by atoms with Crippen molar-refractivity contribution in [2.75, 3.05) is 0 Å². The van der Waals surface area contributed by atoms with Crippen molar-refractivity contribution in [3.8, 4) is 0 Å². The topological polar surface area (TPSA) is 77.8 Å². The van der Waals surface area contributed by atoms with Gasteiger partial charge in [-0.05, 0) is 25.0 Å². The van der Waals surface area contributed by atoms with Crippen molar-refractivity contribution in [1.29, 1.82) is 0 Å². The fourth-order valence-corrected chi connectivity index (χ4v) is 0.663. The third-order valence-corrected chi connectivity index (χ3v) is 1.43. The Labute approximate surface area is 106 Å². The van der Waals surface area contributed by atoms with Crippen LogP contribution in [-0.2, 0) is 4.57 Å². The van der Waals surface area contributed by atoms with Gasteiger partial charge >= 0.3 is 37.4 Å². The summed E-state index contributed by atoms with van der Waals surface area (Å²) in [4.78, 5) is 21.6. The molecule has 4 nitrogen and oxygen atoms in total. The molecule has 0 heterocycles. The van der Waals surface area contributed by atoms with Gasteiger partial charge in [-0.1, -0.05) is 24.3 Å². The summed E-state index contributed by atoms with van der Waals surface area (Å²) >= 11 is 0. The zero-order valence-electron chi connectivity index (χ0n) is 7.51. The Kier molecular flexibility index (Phi) is 9.09. The summed E-state index contributed by atoms with van der Waals surface area (Å²) in [6, 6.07) is 8.36. The summed E-state index contributed by atoms with van der Waals surface area (Å²) in [7, 11) is -4.64. The molecule has 14 heavy (non-hydrogen) atoms. The van der Waals surface area contributed by atoms with Crippen LogP contribution >= 0.6 is 7.82 Å². The zero-order chi connectivity index (χ0) is 10.5. The second-order valence-electron chi connectivity index (χ2n) is 2.60. The number of phosphoric acid groups is 1. The number of rotatable bonds is 0. The molecule has 76 valence electrons. The molecule has 0 radical (unpaired) electrons. The Morgan fingerprint density at radius 1 is 1.00 bits per heavy atom. The monoisotopic (exact) mass is 228 g/mol. The van der Waals surface area contributed by atoms with Crippen LogP contribution in [-0.4, -0.2) is 44.2 Å². The van der Waals surface area contributed by atoms with E-state index in [1.807, 2.05) is 0 Å². The number of benzene rings is 1. The Hall–Kier alpha value is 0.330. The van der Waals surface area contributed by atoms with Gasteiger partial charge in [0, 0.05) is 0 Å². The number of aryl methyl sites for hydroxylation is 2. The van der Waals surface area contributed by atoms with Gasteiger partial charge in [0.2, 0.25) is 0 Å². The molecular weight excluding hydrogens is 214 g/mol. The first kappa shape index (κ1) is 16.7. The Morgan fingerprint density at radius 2 is 1.21 bits per heavy atom. The van der Waals surface area contributed by atoms with Crippen molar-refractivity contribution in [3.63, 3.8) is 0 Å². The minimum absolute atomic E-state index is 0. The van der Waals surface area contributed by atoms with Crippen molar-refractivity contribution < 1.29 is 19.2 Å². The molecule has 0 amide bonds. The summed E-state index contributed by atoms with van der Waals surface area (Å²) in [6.07, 6.45) is 0. The Bertz CT molecular complexity index is 281. The van der Waals surface area contributed by atoms with Crippen LogP contribution in [0.25, 0.3) is 0 Å². The summed E-state index contributed by atoms with van der Waals surface area (Å²) in [5.41, 5.74) is 2.74. The molecule has 3 N–H and O–H groups in total. The quantitative estimate of drug-likeness (QED) is 0.451. The maximum atomic E-state index is 8.88. The van der Waals surface area contributed by atoms with Gasteiger partial charge in [0.25, 0.3) is 0 Å². The van der Waals surface area contributed by atoms with Crippen molar-refractivity contribution in [1.82, 2.24) is 0 Å². The van der Waals surface area contributed by atoms with Gasteiger partial charge in [-0.25, -0.2) is 4.57 Å². The van der Waals surface area contributed by atoms with E-state index in [0.717, 1.165) is 0 Å². The molecule has 0 saturated heterocycles. The first-order valence-electron chi connectivity index (χ1n) is 3.61. The van der Waals surface area contributed by atoms with E-state index < -0.39 is 7.82 Å². The molecule has 0 atom stereocenters. The molecule has 6 heteroatoms. The van der Waals surface area contributed by atoms with E-state index in [0.29, 0.717) is 0 Å². The molecule has 0 fully saturated rings. The zero-order valence-corrected chi connectivity index (χ0v) is 8.40. The molecule has 0 aliphatic carbocycles. The van der Waals surface area contributed by atoms with Gasteiger partial charge < -0.3 is 14.7 Å². The molecule has 0 unspecified atom stereocenters. The molecule has 0 aromatic heterocycles. The van der Waals surface area contributed by atoms with Gasteiger partial charge in [-0.2, -0.15) is 0 Å². The summed E-state index contributed by atoms with van der Waals surface area (Å²) in [5.74, 6) is 0. The second kappa shape index (κ2) is 7.60. The molecule has 1 rings (SSSR count). The van der Waals surface area contributed by atoms with E-state index in [-0.39, 0.29) is 29.6 Å². The molecular formula is C8H14NaO4P. The molecule has 0 aliphatic rings. The number of hydrogen-bond donors (Lipinski definition) is 3. The van der Waals surface area contributed by atoms with Gasteiger partial charge in [-0.3, -0.25) is 0 Å². The predicted molar refractivity (Wildman–Crippen MR) is 57.3 cm³/mol. The number of hydrogen-bond acceptors (Lipinski definition) is 1. The van der Waals surface area contributed by atoms with Crippen LogP contribution < -0.4 is 0 Å². The first-order chi connectivity index (χ1) is 5.80. The Morgan fingerprint density at radius 3 is 1.36 bits per heavy atom. The van der Waals surface area contributed by atoms with Crippen molar-refractivity contribution in [2.24, 2.45) is 0 Å². The third kappa shape index (κ3) is 12.3. The van der Waals surface area contributed by atoms with E-state index in [9.17, 15) is 0 Å². The molecule has 1 aromatic rings. The van der Waals surface area contributed by atoms with Gasteiger partial charge in [-0.15, -0.1) is 0 Å². The van der Waals surface area contributed by atoms with E-state index in [1.54, 1.807) is 0 Å².